The van der Waals surface area contributed by atoms with Gasteiger partial charge in [-0.05, 0) is 79.7 Å². The molecule has 19 heteroatoms. The van der Waals surface area contributed by atoms with Gasteiger partial charge in [-0.3, -0.25) is 14.4 Å². The molecule has 4 amide bonds. The number of aromatic nitrogens is 3. The number of methoxy groups -OCH3 is 1. The van der Waals surface area contributed by atoms with Gasteiger partial charge in [0.2, 0.25) is 11.8 Å². The van der Waals surface area contributed by atoms with Gasteiger partial charge in [-0.25, -0.2) is 14.8 Å². The quantitative estimate of drug-likeness (QED) is 0.124. The number of halogens is 4. The van der Waals surface area contributed by atoms with Crippen LogP contribution >= 0.6 is 11.6 Å². The summed E-state index contributed by atoms with van der Waals surface area (Å²) in [7, 11) is 1.27. The molecule has 0 saturated carbocycles. The molecule has 0 aliphatic carbocycles. The van der Waals surface area contributed by atoms with Gasteiger partial charge in [0.25, 0.3) is 5.91 Å². The summed E-state index contributed by atoms with van der Waals surface area (Å²) in [6.07, 6.45) is 0.0706. The fourth-order valence-electron chi connectivity index (χ4n) is 9.47. The van der Waals surface area contributed by atoms with Gasteiger partial charge in [0.15, 0.2) is 0 Å². The zero-order valence-corrected chi connectivity index (χ0v) is 40.2. The fraction of sp³-hybridized carbons (Fsp3) is 0.510. The van der Waals surface area contributed by atoms with Crippen molar-refractivity contribution in [2.24, 2.45) is 23.2 Å². The van der Waals surface area contributed by atoms with Gasteiger partial charge in [-0.1, -0.05) is 70.5 Å². The molecule has 3 aliphatic heterocycles. The van der Waals surface area contributed by atoms with E-state index in [9.17, 15) is 32.3 Å². The van der Waals surface area contributed by atoms with Gasteiger partial charge in [0, 0.05) is 68.7 Å². The number of carbonyl (C=O) groups is 4. The summed E-state index contributed by atoms with van der Waals surface area (Å²) in [5, 5.41) is 5.37. The average molecular weight is 966 g/mol. The molecule has 2 aromatic heterocycles. The van der Waals surface area contributed by atoms with E-state index < -0.39 is 41.6 Å². The van der Waals surface area contributed by atoms with Gasteiger partial charge in [0.1, 0.15) is 23.4 Å². The lowest BCUT2D eigenvalue weighted by molar-refractivity contribution is -0.274. The Hall–Kier alpha value is -5.88. The number of nitrogens with zero attached hydrogens (tertiary/aromatic N) is 5. The number of benzene rings is 2. The Labute approximate surface area is 399 Å². The van der Waals surface area contributed by atoms with Gasteiger partial charge in [-0.2, -0.15) is 0 Å². The Kier molecular flexibility index (Phi) is 15.3. The summed E-state index contributed by atoms with van der Waals surface area (Å²) in [4.78, 5) is 71.4. The molecule has 0 spiro atoms. The number of amides is 4. The van der Waals surface area contributed by atoms with Crippen molar-refractivity contribution < 1.29 is 46.6 Å². The smallest absolute Gasteiger partial charge is 0.453 e. The molecule has 0 bridgehead atoms. The second kappa shape index (κ2) is 20.8. The normalized spacial score (nSPS) is 19.8. The topological polar surface area (TPSA) is 171 Å². The van der Waals surface area contributed by atoms with E-state index >= 15 is 0 Å². The Balaban J connectivity index is 1.07. The number of aromatic amines is 1. The number of likely N-dealkylation sites (tertiary alicyclic amines) is 1. The third-order valence-electron chi connectivity index (χ3n) is 12.8. The fourth-order valence-corrected chi connectivity index (χ4v) is 9.68. The van der Waals surface area contributed by atoms with Crippen molar-refractivity contribution in [1.82, 2.24) is 30.1 Å². The summed E-state index contributed by atoms with van der Waals surface area (Å²) in [6.45, 7) is 15.0. The minimum Gasteiger partial charge on any atom is -0.453 e. The van der Waals surface area contributed by atoms with Crippen molar-refractivity contribution in [3.05, 3.63) is 77.3 Å². The van der Waals surface area contributed by atoms with Crippen LogP contribution in [0.2, 0.25) is 5.02 Å². The Morgan fingerprint density at radius 2 is 1.66 bits per heavy atom. The predicted molar refractivity (Wildman–Crippen MR) is 251 cm³/mol. The molecular weight excluding hydrogens is 905 g/mol. The molecule has 4 atom stereocenters. The molecule has 3 aliphatic rings. The molecule has 0 radical (unpaired) electrons. The van der Waals surface area contributed by atoms with Crippen LogP contribution in [0.3, 0.4) is 0 Å². The third-order valence-corrected chi connectivity index (χ3v) is 13.1. The number of alkyl halides is 3. The predicted octanol–water partition coefficient (Wildman–Crippen LogP) is 9.11. The number of alkyl carbamates (subject to hydrolysis) is 1. The molecule has 68 heavy (non-hydrogen) atoms. The lowest BCUT2D eigenvalue weighted by atomic mass is 9.90. The highest BCUT2D eigenvalue weighted by Crippen LogP contribution is 2.42. The molecule has 5 heterocycles. The molecule has 3 saturated heterocycles. The lowest BCUT2D eigenvalue weighted by Gasteiger charge is -2.42. The number of piperazine rings is 1. The number of anilines is 2. The molecule has 4 aromatic rings. The highest BCUT2D eigenvalue weighted by Gasteiger charge is 2.43. The number of imidazole rings is 1. The maximum absolute atomic E-state index is 14.4. The molecule has 366 valence electrons. The zero-order valence-electron chi connectivity index (χ0n) is 39.4. The summed E-state index contributed by atoms with van der Waals surface area (Å²) in [5.74, 6) is 0.290. The van der Waals surface area contributed by atoms with E-state index in [0.29, 0.717) is 93.0 Å². The monoisotopic (exact) mass is 964 g/mol. The summed E-state index contributed by atoms with van der Waals surface area (Å²) >= 11 is 6.64. The van der Waals surface area contributed by atoms with Crippen LogP contribution in [0.1, 0.15) is 89.4 Å². The number of rotatable bonds is 12. The molecule has 4 unspecified atom stereocenters. The van der Waals surface area contributed by atoms with Crippen molar-refractivity contribution in [3.63, 3.8) is 0 Å². The zero-order chi connectivity index (χ0) is 49.1. The van der Waals surface area contributed by atoms with Crippen LogP contribution in [0.4, 0.5) is 29.5 Å². The largest absolute Gasteiger partial charge is 0.573 e. The van der Waals surface area contributed by atoms with E-state index in [-0.39, 0.29) is 51.5 Å². The highest BCUT2D eigenvalue weighted by molar-refractivity contribution is 6.34. The van der Waals surface area contributed by atoms with Gasteiger partial charge >= 0.3 is 12.5 Å². The van der Waals surface area contributed by atoms with Gasteiger partial charge in [0.05, 0.1) is 41.3 Å². The molecule has 3 fully saturated rings. The van der Waals surface area contributed by atoms with E-state index in [1.807, 2.05) is 37.5 Å². The maximum Gasteiger partial charge on any atom is 0.573 e. The highest BCUT2D eigenvalue weighted by atomic mass is 35.5. The summed E-state index contributed by atoms with van der Waals surface area (Å²) in [6, 6.07) is 11.1. The van der Waals surface area contributed by atoms with Crippen LogP contribution < -0.4 is 20.3 Å². The van der Waals surface area contributed by atoms with Crippen molar-refractivity contribution in [2.45, 2.75) is 91.7 Å². The number of hydrogen-bond donors (Lipinski definition) is 3. The van der Waals surface area contributed by atoms with Crippen molar-refractivity contribution >= 4 is 46.9 Å². The number of ether oxygens (including phenoxy) is 3. The van der Waals surface area contributed by atoms with Crippen molar-refractivity contribution in [2.75, 3.05) is 56.7 Å². The number of pyridine rings is 1. The van der Waals surface area contributed by atoms with E-state index in [2.05, 4.69) is 44.1 Å². The standard InChI is InChI=1S/C49H60ClF3N8O7/c1-28(2)20-30-21-39(61(27-30)45(63)42(58-47(65)66-7)33-14-18-67-19-15-33)43-55-25-38(56-43)32-10-8-31(9-11-32)35-22-36(50)37(23-40(35)68-49(51,52)53)57-44(62)34-12-13-41(54-24-34)60-17-16-59(26-29(60)3)46(64)48(4,5)6/h8-13,22-25,28-30,33,39,42H,14-21,26-27H2,1-7H3,(H,55,56)(H,57,62)(H,58,65). The van der Waals surface area contributed by atoms with Crippen LogP contribution in [-0.2, 0) is 19.1 Å². The average Bonchev–Trinajstić information content (AvgIpc) is 3.96. The van der Waals surface area contributed by atoms with Crippen LogP contribution in [0, 0.1) is 23.2 Å². The van der Waals surface area contributed by atoms with E-state index in [0.717, 1.165) is 12.5 Å². The van der Waals surface area contributed by atoms with Crippen LogP contribution in [0.15, 0.2) is 60.9 Å². The molecular formula is C49H60ClF3N8O7. The number of nitrogens with one attached hydrogen (secondary N) is 3. The second-order valence-corrected chi connectivity index (χ2v) is 19.7. The van der Waals surface area contributed by atoms with Crippen LogP contribution in [0.5, 0.6) is 5.75 Å². The third kappa shape index (κ3) is 11.9. The number of H-pyrrole nitrogens is 1. The van der Waals surface area contributed by atoms with E-state index in [1.165, 1.54) is 19.4 Å². The van der Waals surface area contributed by atoms with Gasteiger partial charge < -0.3 is 44.5 Å². The number of carbonyl (C=O) groups excluding carboxylic acids is 4. The number of hydrogen-bond acceptors (Lipinski definition) is 10. The van der Waals surface area contributed by atoms with Crippen molar-refractivity contribution in [1.29, 1.82) is 0 Å². The molecule has 7 rings (SSSR count). The van der Waals surface area contributed by atoms with Gasteiger partial charge in [-0.15, -0.1) is 13.2 Å². The van der Waals surface area contributed by atoms with Crippen LogP contribution in [-0.4, -0.2) is 114 Å². The molecule has 15 nitrogen and oxygen atoms in total. The first-order valence-electron chi connectivity index (χ1n) is 23.0. The first-order chi connectivity index (χ1) is 32.2. The summed E-state index contributed by atoms with van der Waals surface area (Å²) < 4.78 is 56.6. The Morgan fingerprint density at radius 3 is 2.28 bits per heavy atom. The first-order valence-corrected chi connectivity index (χ1v) is 23.4. The van der Waals surface area contributed by atoms with Crippen molar-refractivity contribution in [3.8, 4) is 28.1 Å². The lowest BCUT2D eigenvalue weighted by Crippen LogP contribution is -2.56. The Bertz CT molecular complexity index is 2440. The summed E-state index contributed by atoms with van der Waals surface area (Å²) in [5.41, 5.74) is 1.23. The maximum atomic E-state index is 14.4. The van der Waals surface area contributed by atoms with E-state index in [1.54, 1.807) is 42.6 Å². The molecule has 3 N–H and O–H groups in total. The Morgan fingerprint density at radius 1 is 0.956 bits per heavy atom. The first kappa shape index (κ1) is 50.0. The molecule has 2 aromatic carbocycles. The minimum atomic E-state index is -5.07. The second-order valence-electron chi connectivity index (χ2n) is 19.3. The van der Waals surface area contributed by atoms with E-state index in [4.69, 9.17) is 26.1 Å². The van der Waals surface area contributed by atoms with Crippen LogP contribution in [0.25, 0.3) is 22.4 Å². The minimum absolute atomic E-state index is 0.0291. The SMILES string of the molecule is COC(=O)NC(C(=O)N1CC(CC(C)C)CC1c1ncc(-c2ccc(-c3cc(Cl)c(NC(=O)c4ccc(N5CCN(C(=O)C(C)(C)C)CC5C)nc4)cc3OC(F)(F)F)cc2)[nH]1)C1CCOCC1.